The third-order valence-corrected chi connectivity index (χ3v) is 14.0. The van der Waals surface area contributed by atoms with Gasteiger partial charge in [0.05, 0.1) is 36.7 Å². The molecule has 8 rings (SSSR count). The number of carbonyl (C=O) groups is 6. The smallest absolute Gasteiger partial charge is 0.310 e. The Morgan fingerprint density at radius 3 is 1.41 bits per heavy atom. The maximum Gasteiger partial charge on any atom is 0.310 e. The summed E-state index contributed by atoms with van der Waals surface area (Å²) in [7, 11) is 3.13. The minimum atomic E-state index is -0.562. The number of nitrogens with two attached hydrogens (primary N) is 1. The van der Waals surface area contributed by atoms with Crippen LogP contribution >= 0.6 is 22.7 Å². The number of esters is 2. The fourth-order valence-corrected chi connectivity index (χ4v) is 11.0. The Morgan fingerprint density at radius 1 is 0.594 bits per heavy atom. The van der Waals surface area contributed by atoms with Gasteiger partial charge < -0.3 is 30.6 Å². The molecule has 360 valence electrons. The van der Waals surface area contributed by atoms with Gasteiger partial charge in [-0.3, -0.25) is 28.8 Å². The fourth-order valence-electron chi connectivity index (χ4n) is 8.67. The molecule has 17 heteroatoms. The Hall–Kier alpha value is -7.24. The number of hydrogen-bond acceptors (Lipinski definition) is 14. The highest BCUT2D eigenvalue weighted by molar-refractivity contribution is 7.16. The quantitative estimate of drug-likeness (QED) is 0.0848. The largest absolute Gasteiger partial charge is 0.496 e. The van der Waals surface area contributed by atoms with Gasteiger partial charge in [-0.25, -0.2) is 14.9 Å². The summed E-state index contributed by atoms with van der Waals surface area (Å²) in [5.74, 6) is -1.03. The summed E-state index contributed by atoms with van der Waals surface area (Å²) in [6.45, 7) is 6.07. The van der Waals surface area contributed by atoms with E-state index in [1.807, 2.05) is 48.5 Å². The van der Waals surface area contributed by atoms with Gasteiger partial charge in [-0.05, 0) is 73.9 Å². The number of aryl methyl sites for hydroxylation is 2. The number of amides is 4. The maximum atomic E-state index is 13.0. The van der Waals surface area contributed by atoms with Gasteiger partial charge in [-0.15, -0.1) is 22.7 Å². The average Bonchev–Trinajstić information content (AvgIpc) is 3.93. The third-order valence-electron chi connectivity index (χ3n) is 12.0. The number of nitrogens with zero attached hydrogens (tertiary/aromatic N) is 3. The lowest BCUT2D eigenvalue weighted by Gasteiger charge is -2.37. The molecule has 2 aromatic heterocycles. The molecule has 2 aliphatic rings. The van der Waals surface area contributed by atoms with Gasteiger partial charge in [0.1, 0.15) is 11.5 Å². The first-order chi connectivity index (χ1) is 33.1. The zero-order valence-electron chi connectivity index (χ0n) is 39.5. The second kappa shape index (κ2) is 23.2. The molecule has 0 aliphatic heterocycles. The van der Waals surface area contributed by atoms with Crippen molar-refractivity contribution in [2.75, 3.05) is 37.9 Å². The molecule has 2 atom stereocenters. The summed E-state index contributed by atoms with van der Waals surface area (Å²) in [5, 5.41) is 7.31. The first-order valence-corrected chi connectivity index (χ1v) is 23.9. The minimum absolute atomic E-state index is 0.123. The Labute approximate surface area is 409 Å². The van der Waals surface area contributed by atoms with Crippen molar-refractivity contribution in [3.05, 3.63) is 153 Å². The molecule has 69 heavy (non-hydrogen) atoms. The number of nitrogens with one attached hydrogen (secondary N) is 2. The number of methoxy groups -OCH3 is 2. The van der Waals surface area contributed by atoms with Crippen LogP contribution < -0.4 is 30.7 Å². The molecule has 0 radical (unpaired) electrons. The number of hydrogen-bond donors (Lipinski definition) is 3. The molecule has 0 bridgehead atoms. The number of rotatable bonds is 11. The van der Waals surface area contributed by atoms with Gasteiger partial charge in [0.15, 0.2) is 10.3 Å². The average molecular weight is 973 g/mol. The van der Waals surface area contributed by atoms with Crippen molar-refractivity contribution >= 4 is 68.5 Å². The second-order valence-electron chi connectivity index (χ2n) is 16.7. The van der Waals surface area contributed by atoms with Gasteiger partial charge in [0, 0.05) is 61.4 Å². The van der Waals surface area contributed by atoms with E-state index in [0.29, 0.717) is 58.8 Å². The lowest BCUT2D eigenvalue weighted by molar-refractivity contribution is -0.156. The normalized spacial score (nSPS) is 16.6. The molecule has 0 saturated heterocycles. The predicted molar refractivity (Wildman–Crippen MR) is 266 cm³/mol. The zero-order chi connectivity index (χ0) is 49.7. The van der Waals surface area contributed by atoms with Crippen molar-refractivity contribution in [1.29, 1.82) is 0 Å². The SMILES string of the molecule is CC(=O)OC(C)=O.COc1ccccc1C(=O)NCC1(c2ccccc2)CCc2nc(N(C(C)=O)C(C)=O)sc2C1.COc1ccccc1C(=O)NCC1(c2ccccc2)CCc2nc(N)sc2C1. The molecule has 4 aromatic carbocycles. The van der Waals surface area contributed by atoms with Crippen molar-refractivity contribution in [2.24, 2.45) is 0 Å². The van der Waals surface area contributed by atoms with Crippen LogP contribution in [-0.2, 0) is 60.4 Å². The molecule has 6 aromatic rings. The molecule has 2 heterocycles. The van der Waals surface area contributed by atoms with Crippen LogP contribution in [0, 0.1) is 0 Å². The molecule has 0 saturated carbocycles. The first kappa shape index (κ1) is 51.2. The monoisotopic (exact) mass is 972 g/mol. The maximum absolute atomic E-state index is 13.0. The summed E-state index contributed by atoms with van der Waals surface area (Å²) in [5.41, 5.74) is 10.8. The van der Waals surface area contributed by atoms with Gasteiger partial charge in [-0.1, -0.05) is 84.9 Å². The van der Waals surface area contributed by atoms with Crippen LogP contribution in [0.4, 0.5) is 10.3 Å². The van der Waals surface area contributed by atoms with E-state index in [1.54, 1.807) is 49.8 Å². The van der Waals surface area contributed by atoms with Gasteiger partial charge >= 0.3 is 11.9 Å². The number of carbonyl (C=O) groups excluding carboxylic acids is 6. The molecule has 4 N–H and O–H groups in total. The number of para-hydroxylation sites is 2. The van der Waals surface area contributed by atoms with Gasteiger partial charge in [0.2, 0.25) is 11.8 Å². The van der Waals surface area contributed by atoms with Gasteiger partial charge in [-0.2, -0.15) is 0 Å². The molecular weight excluding hydrogens is 917 g/mol. The highest BCUT2D eigenvalue weighted by Gasteiger charge is 2.40. The highest BCUT2D eigenvalue weighted by atomic mass is 32.1. The van der Waals surface area contributed by atoms with E-state index in [4.69, 9.17) is 15.2 Å². The number of fused-ring (bicyclic) bond motifs is 2. The number of nitrogen functional groups attached to an aromatic ring is 1. The van der Waals surface area contributed by atoms with Crippen LogP contribution in [0.15, 0.2) is 109 Å². The summed E-state index contributed by atoms with van der Waals surface area (Å²) >= 11 is 2.93. The van der Waals surface area contributed by atoms with Crippen LogP contribution in [0.2, 0.25) is 0 Å². The van der Waals surface area contributed by atoms with E-state index in [1.165, 1.54) is 49.5 Å². The highest BCUT2D eigenvalue weighted by Crippen LogP contribution is 2.43. The van der Waals surface area contributed by atoms with Crippen LogP contribution in [0.5, 0.6) is 11.5 Å². The van der Waals surface area contributed by atoms with Crippen molar-refractivity contribution in [2.45, 2.75) is 77.0 Å². The van der Waals surface area contributed by atoms with E-state index >= 15 is 0 Å². The lowest BCUT2D eigenvalue weighted by atomic mass is 9.70. The zero-order valence-corrected chi connectivity index (χ0v) is 41.1. The molecule has 4 amide bonds. The van der Waals surface area contributed by atoms with Crippen LogP contribution in [0.3, 0.4) is 0 Å². The predicted octanol–water partition coefficient (Wildman–Crippen LogP) is 7.59. The van der Waals surface area contributed by atoms with E-state index in [9.17, 15) is 28.8 Å². The van der Waals surface area contributed by atoms with Gasteiger partial charge in [0.25, 0.3) is 11.8 Å². The summed E-state index contributed by atoms with van der Waals surface area (Å²) in [6, 6.07) is 35.0. The first-order valence-electron chi connectivity index (χ1n) is 22.2. The van der Waals surface area contributed by atoms with E-state index in [-0.39, 0.29) is 34.5 Å². The van der Waals surface area contributed by atoms with Crippen LogP contribution in [0.1, 0.15) is 93.5 Å². The van der Waals surface area contributed by atoms with E-state index in [0.717, 1.165) is 52.4 Å². The molecular formula is C52H56N6O9S2. The van der Waals surface area contributed by atoms with Crippen LogP contribution in [-0.4, -0.2) is 72.8 Å². The number of benzene rings is 4. The number of imide groups is 1. The Kier molecular flexibility index (Phi) is 17.2. The topological polar surface area (TPSA) is 209 Å². The molecule has 0 spiro atoms. The lowest BCUT2D eigenvalue weighted by Crippen LogP contribution is -2.44. The number of aromatic nitrogens is 2. The van der Waals surface area contributed by atoms with Crippen molar-refractivity contribution < 1.29 is 43.0 Å². The third kappa shape index (κ3) is 12.7. The summed E-state index contributed by atoms with van der Waals surface area (Å²) < 4.78 is 14.7. The van der Waals surface area contributed by atoms with Crippen LogP contribution in [0.25, 0.3) is 0 Å². The summed E-state index contributed by atoms with van der Waals surface area (Å²) in [6.07, 6.45) is 4.73. The van der Waals surface area contributed by atoms with E-state index in [2.05, 4.69) is 61.7 Å². The number of thiazole rings is 2. The Balaban J connectivity index is 0.000000202. The number of ether oxygens (including phenoxy) is 3. The molecule has 2 unspecified atom stereocenters. The van der Waals surface area contributed by atoms with Crippen molar-refractivity contribution in [3.63, 3.8) is 0 Å². The standard InChI is InChI=1S/C26H27N3O4S.C22H23N3O2S.C4H6O3/c1-17(30)29(18(2)31)25-28-21-13-14-26(15-23(21)34-25,19-9-5-4-6-10-19)16-27-24(32)20-11-7-8-12-22(20)33-3;1-27-18-10-6-5-9-16(18)20(26)24-14-22(15-7-3-2-4-8-15)12-11-17-19(13-22)28-21(23)25-17;1-3(5)7-4(2)6/h4-12H,13-16H2,1-3H3,(H,27,32);2-10H,11-14H2,1H3,(H2,23,25)(H,24,26);1-2H3. The second-order valence-corrected chi connectivity index (χ2v) is 18.8. The van der Waals surface area contributed by atoms with E-state index < -0.39 is 11.9 Å². The molecule has 15 nitrogen and oxygen atoms in total. The summed E-state index contributed by atoms with van der Waals surface area (Å²) in [4.78, 5) is 82.1. The molecule has 0 fully saturated rings. The Bertz CT molecular complexity index is 2770. The fraction of sp³-hybridized carbons (Fsp3) is 0.308. The number of anilines is 2. The van der Waals surface area contributed by atoms with Crippen molar-refractivity contribution in [1.82, 2.24) is 20.6 Å². The van der Waals surface area contributed by atoms with Crippen molar-refractivity contribution in [3.8, 4) is 11.5 Å². The molecule has 2 aliphatic carbocycles. The minimum Gasteiger partial charge on any atom is -0.496 e. The Morgan fingerprint density at radius 2 is 1.00 bits per heavy atom.